The van der Waals surface area contributed by atoms with E-state index in [1.165, 1.54) is 12.1 Å². The quantitative estimate of drug-likeness (QED) is 0.441. The SMILES string of the molecule is CCOC(=O)c1nc2ccc([N+](=O)[O-])cc2n1OC(=O)OCC(C)C. The zero-order valence-corrected chi connectivity index (χ0v) is 13.9. The molecule has 0 atom stereocenters. The van der Waals surface area contributed by atoms with Gasteiger partial charge in [-0.25, -0.2) is 14.6 Å². The molecule has 0 spiro atoms. The number of ether oxygens (including phenoxy) is 2. The van der Waals surface area contributed by atoms with E-state index in [0.717, 1.165) is 10.8 Å². The Morgan fingerprint density at radius 1 is 1.32 bits per heavy atom. The van der Waals surface area contributed by atoms with Gasteiger partial charge in [-0.1, -0.05) is 13.8 Å². The minimum Gasteiger partial charge on any atom is -0.460 e. The molecule has 0 aliphatic heterocycles. The van der Waals surface area contributed by atoms with Gasteiger partial charge in [0.25, 0.3) is 11.5 Å². The van der Waals surface area contributed by atoms with Crippen molar-refractivity contribution < 1.29 is 28.8 Å². The molecule has 2 rings (SSSR count). The largest absolute Gasteiger partial charge is 0.533 e. The minimum absolute atomic E-state index is 0.0683. The Hall–Kier alpha value is -3.17. The summed E-state index contributed by atoms with van der Waals surface area (Å²) in [5, 5.41) is 11.0. The first-order valence-corrected chi connectivity index (χ1v) is 7.52. The zero-order valence-electron chi connectivity index (χ0n) is 13.9. The van der Waals surface area contributed by atoms with E-state index in [9.17, 15) is 19.7 Å². The third-order valence-corrected chi connectivity index (χ3v) is 2.97. The maximum absolute atomic E-state index is 12.0. The molecule has 2 aromatic rings. The van der Waals surface area contributed by atoms with Gasteiger partial charge in [0.15, 0.2) is 0 Å². The van der Waals surface area contributed by atoms with Gasteiger partial charge >= 0.3 is 12.1 Å². The molecular formula is C15H17N3O7. The van der Waals surface area contributed by atoms with Gasteiger partial charge in [-0.2, -0.15) is 0 Å². The minimum atomic E-state index is -1.06. The summed E-state index contributed by atoms with van der Waals surface area (Å²) in [7, 11) is 0. The van der Waals surface area contributed by atoms with Crippen molar-refractivity contribution in [1.82, 2.24) is 9.71 Å². The van der Waals surface area contributed by atoms with E-state index in [0.29, 0.717) is 0 Å². The number of non-ortho nitro benzene ring substituents is 1. The van der Waals surface area contributed by atoms with Crippen LogP contribution in [0.2, 0.25) is 0 Å². The van der Waals surface area contributed by atoms with E-state index >= 15 is 0 Å². The van der Waals surface area contributed by atoms with Gasteiger partial charge in [0.1, 0.15) is 5.52 Å². The first kappa shape index (κ1) is 18.2. The number of carbonyl (C=O) groups is 2. The molecule has 0 N–H and O–H groups in total. The van der Waals surface area contributed by atoms with Crippen molar-refractivity contribution in [2.45, 2.75) is 20.8 Å². The number of rotatable bonds is 6. The molecule has 10 heteroatoms. The lowest BCUT2D eigenvalue weighted by Gasteiger charge is -2.10. The van der Waals surface area contributed by atoms with E-state index in [2.05, 4.69) is 4.98 Å². The molecule has 0 aliphatic rings. The predicted molar refractivity (Wildman–Crippen MR) is 85.1 cm³/mol. The lowest BCUT2D eigenvalue weighted by Crippen LogP contribution is -2.26. The average Bonchev–Trinajstić information content (AvgIpc) is 2.91. The number of esters is 1. The van der Waals surface area contributed by atoms with Gasteiger partial charge in [0.2, 0.25) is 0 Å². The smallest absolute Gasteiger partial charge is 0.460 e. The summed E-state index contributed by atoms with van der Waals surface area (Å²) >= 11 is 0. The highest BCUT2D eigenvalue weighted by molar-refractivity contribution is 5.91. The number of nitro groups is 1. The number of carbonyl (C=O) groups excluding carboxylic acids is 2. The Bertz CT molecular complexity index is 813. The number of hydrogen-bond donors (Lipinski definition) is 0. The van der Waals surface area contributed by atoms with Crippen LogP contribution in [0, 0.1) is 16.0 Å². The van der Waals surface area contributed by atoms with Crippen LogP contribution in [0.3, 0.4) is 0 Å². The maximum atomic E-state index is 12.0. The Balaban J connectivity index is 2.45. The molecule has 0 bridgehead atoms. The Morgan fingerprint density at radius 3 is 2.64 bits per heavy atom. The van der Waals surface area contributed by atoms with Crippen molar-refractivity contribution in [2.24, 2.45) is 5.92 Å². The second kappa shape index (κ2) is 7.60. The van der Waals surface area contributed by atoms with Crippen LogP contribution in [0.25, 0.3) is 11.0 Å². The molecule has 0 saturated carbocycles. The highest BCUT2D eigenvalue weighted by atomic mass is 16.8. The van der Waals surface area contributed by atoms with Crippen molar-refractivity contribution >= 4 is 28.8 Å². The molecule has 1 aromatic carbocycles. The number of hydrogen-bond acceptors (Lipinski definition) is 8. The second-order valence-electron chi connectivity index (χ2n) is 5.43. The van der Waals surface area contributed by atoms with Crippen LogP contribution in [-0.4, -0.2) is 40.0 Å². The third kappa shape index (κ3) is 4.22. The molecule has 0 fully saturated rings. The molecule has 0 aliphatic carbocycles. The Labute approximate surface area is 142 Å². The molecule has 0 saturated heterocycles. The van der Waals surface area contributed by atoms with Gasteiger partial charge in [-0.15, -0.1) is 4.73 Å². The number of fused-ring (bicyclic) bond motifs is 1. The fourth-order valence-corrected chi connectivity index (χ4v) is 1.91. The molecule has 10 nitrogen and oxygen atoms in total. The van der Waals surface area contributed by atoms with Crippen molar-refractivity contribution in [1.29, 1.82) is 0 Å². The first-order valence-electron chi connectivity index (χ1n) is 7.52. The summed E-state index contributed by atoms with van der Waals surface area (Å²) < 4.78 is 10.6. The second-order valence-corrected chi connectivity index (χ2v) is 5.43. The number of imidazole rings is 1. The molecule has 25 heavy (non-hydrogen) atoms. The van der Waals surface area contributed by atoms with Crippen molar-refractivity contribution in [3.8, 4) is 0 Å². The summed E-state index contributed by atoms with van der Waals surface area (Å²) in [5.41, 5.74) is 0.0484. The number of aromatic nitrogens is 2. The number of nitro benzene ring substituents is 1. The highest BCUT2D eigenvalue weighted by Crippen LogP contribution is 2.22. The number of benzene rings is 1. The van der Waals surface area contributed by atoms with Crippen LogP contribution in [0.1, 0.15) is 31.4 Å². The highest BCUT2D eigenvalue weighted by Gasteiger charge is 2.24. The van der Waals surface area contributed by atoms with Gasteiger partial charge in [-0.05, 0) is 18.9 Å². The maximum Gasteiger partial charge on any atom is 0.533 e. The Morgan fingerprint density at radius 2 is 2.04 bits per heavy atom. The fourth-order valence-electron chi connectivity index (χ4n) is 1.91. The summed E-state index contributed by atoms with van der Waals surface area (Å²) in [4.78, 5) is 43.2. The topological polar surface area (TPSA) is 123 Å². The predicted octanol–water partition coefficient (Wildman–Crippen LogP) is 2.34. The molecule has 134 valence electrons. The molecular weight excluding hydrogens is 334 g/mol. The molecule has 1 aromatic heterocycles. The molecule has 0 unspecified atom stereocenters. The van der Waals surface area contributed by atoms with Crippen LogP contribution in [-0.2, 0) is 9.47 Å². The first-order chi connectivity index (χ1) is 11.8. The third-order valence-electron chi connectivity index (χ3n) is 2.97. The van der Waals surface area contributed by atoms with E-state index in [1.807, 2.05) is 13.8 Å². The molecule has 1 heterocycles. The zero-order chi connectivity index (χ0) is 18.6. The van der Waals surface area contributed by atoms with Gasteiger partial charge in [0, 0.05) is 12.1 Å². The molecule has 0 amide bonds. The monoisotopic (exact) mass is 351 g/mol. The van der Waals surface area contributed by atoms with Gasteiger partial charge in [-0.3, -0.25) is 15.0 Å². The normalized spacial score (nSPS) is 10.7. The van der Waals surface area contributed by atoms with Crippen LogP contribution in [0.15, 0.2) is 18.2 Å². The van der Waals surface area contributed by atoms with Crippen LogP contribution >= 0.6 is 0 Å². The number of nitrogens with zero attached hydrogens (tertiary/aromatic N) is 3. The van der Waals surface area contributed by atoms with Gasteiger partial charge < -0.3 is 9.47 Å². The van der Waals surface area contributed by atoms with Crippen LogP contribution in [0.5, 0.6) is 0 Å². The summed E-state index contributed by atoms with van der Waals surface area (Å²) in [6.07, 6.45) is -1.06. The summed E-state index contributed by atoms with van der Waals surface area (Å²) in [5.74, 6) is -1.07. The van der Waals surface area contributed by atoms with E-state index in [-0.39, 0.29) is 41.7 Å². The van der Waals surface area contributed by atoms with E-state index < -0.39 is 17.0 Å². The fraction of sp³-hybridized carbons (Fsp3) is 0.400. The Kier molecular flexibility index (Phi) is 5.52. The van der Waals surface area contributed by atoms with Crippen LogP contribution < -0.4 is 4.84 Å². The average molecular weight is 351 g/mol. The van der Waals surface area contributed by atoms with Gasteiger partial charge in [0.05, 0.1) is 23.7 Å². The van der Waals surface area contributed by atoms with E-state index in [1.54, 1.807) is 6.92 Å². The van der Waals surface area contributed by atoms with Crippen molar-refractivity contribution in [3.63, 3.8) is 0 Å². The van der Waals surface area contributed by atoms with Crippen molar-refractivity contribution in [3.05, 3.63) is 34.1 Å². The standard InChI is InChI=1S/C15H17N3O7/c1-4-23-14(19)13-16-11-6-5-10(18(21)22)7-12(11)17(13)25-15(20)24-8-9(2)3/h5-7,9H,4,8H2,1-3H3. The van der Waals surface area contributed by atoms with Crippen LogP contribution in [0.4, 0.5) is 10.5 Å². The van der Waals surface area contributed by atoms with E-state index in [4.69, 9.17) is 14.3 Å². The summed E-state index contributed by atoms with van der Waals surface area (Å²) in [6, 6.07) is 3.71. The lowest BCUT2D eigenvalue weighted by molar-refractivity contribution is -0.384. The lowest BCUT2D eigenvalue weighted by atomic mass is 10.2. The summed E-state index contributed by atoms with van der Waals surface area (Å²) in [6.45, 7) is 5.48. The van der Waals surface area contributed by atoms with Crippen molar-refractivity contribution in [2.75, 3.05) is 13.2 Å². The molecule has 0 radical (unpaired) electrons.